The van der Waals surface area contributed by atoms with Gasteiger partial charge in [0.25, 0.3) is 0 Å². The first-order chi connectivity index (χ1) is 7.47. The maximum Gasteiger partial charge on any atom is 0.323 e. The highest BCUT2D eigenvalue weighted by Crippen LogP contribution is 2.15. The summed E-state index contributed by atoms with van der Waals surface area (Å²) in [5.74, 6) is -1.02. The van der Waals surface area contributed by atoms with Crippen molar-refractivity contribution in [2.24, 2.45) is 5.92 Å². The zero-order valence-electron chi connectivity index (χ0n) is 10.7. The molecule has 4 heteroatoms. The zero-order chi connectivity index (χ0) is 12.7. The van der Waals surface area contributed by atoms with Crippen molar-refractivity contribution in [1.82, 2.24) is 4.90 Å². The Bertz CT molecular complexity index is 236. The Balaban J connectivity index is 4.73. The molecule has 94 valence electrons. The van der Waals surface area contributed by atoms with Crippen molar-refractivity contribution in [3.63, 3.8) is 0 Å². The Morgan fingerprint density at radius 3 is 1.94 bits per heavy atom. The predicted octanol–water partition coefficient (Wildman–Crippen LogP) is 2.13. The van der Waals surface area contributed by atoms with Crippen LogP contribution in [0.4, 0.5) is 0 Å². The first-order valence-corrected chi connectivity index (χ1v) is 6.00. The molecule has 0 saturated carbocycles. The van der Waals surface area contributed by atoms with Crippen LogP contribution in [0.2, 0.25) is 0 Å². The molecule has 1 N–H and O–H groups in total. The number of carbonyl (C=O) groups excluding carboxylic acids is 1. The number of nitrogens with zero attached hydrogens (tertiary/aromatic N) is 1. The number of amides is 1. The fourth-order valence-electron chi connectivity index (χ4n) is 1.69. The Kier molecular flexibility index (Phi) is 6.77. The van der Waals surface area contributed by atoms with Gasteiger partial charge >= 0.3 is 5.97 Å². The van der Waals surface area contributed by atoms with Crippen molar-refractivity contribution >= 4 is 11.9 Å². The highest BCUT2D eigenvalue weighted by molar-refractivity contribution is 5.83. The van der Waals surface area contributed by atoms with Gasteiger partial charge in [0.2, 0.25) is 5.91 Å². The molecule has 16 heavy (non-hydrogen) atoms. The molecule has 4 nitrogen and oxygen atoms in total. The van der Waals surface area contributed by atoms with E-state index in [4.69, 9.17) is 5.11 Å². The van der Waals surface area contributed by atoms with Crippen LogP contribution in [0.25, 0.3) is 0 Å². The topological polar surface area (TPSA) is 57.6 Å². The number of rotatable bonds is 7. The van der Waals surface area contributed by atoms with Gasteiger partial charge in [-0.2, -0.15) is 0 Å². The van der Waals surface area contributed by atoms with Crippen LogP contribution >= 0.6 is 0 Å². The average Bonchev–Trinajstić information content (AvgIpc) is 2.26. The summed E-state index contributed by atoms with van der Waals surface area (Å²) in [4.78, 5) is 24.3. The number of carboxylic acid groups (broad SMARTS) is 1. The number of aliphatic carboxylic acids is 1. The van der Waals surface area contributed by atoms with Crippen LogP contribution in [-0.4, -0.2) is 34.5 Å². The molecule has 0 radical (unpaired) electrons. The van der Waals surface area contributed by atoms with Gasteiger partial charge in [-0.3, -0.25) is 9.59 Å². The second kappa shape index (κ2) is 7.25. The van der Waals surface area contributed by atoms with E-state index in [0.717, 1.165) is 19.3 Å². The molecule has 0 aromatic carbocycles. The molecule has 0 spiro atoms. The Morgan fingerprint density at radius 1 is 1.12 bits per heavy atom. The van der Waals surface area contributed by atoms with E-state index in [-0.39, 0.29) is 24.4 Å². The molecular weight excluding hydrogens is 206 g/mol. The lowest BCUT2D eigenvalue weighted by Crippen LogP contribution is -2.44. The second-order valence-corrected chi connectivity index (χ2v) is 4.13. The number of carboxylic acids is 1. The maximum absolute atomic E-state index is 12.1. The molecule has 0 aliphatic heterocycles. The molecule has 1 atom stereocenters. The third-order valence-electron chi connectivity index (χ3n) is 3.05. The van der Waals surface area contributed by atoms with Gasteiger partial charge in [-0.1, -0.05) is 20.8 Å². The van der Waals surface area contributed by atoms with E-state index < -0.39 is 5.97 Å². The van der Waals surface area contributed by atoms with E-state index in [1.54, 1.807) is 0 Å². The van der Waals surface area contributed by atoms with E-state index >= 15 is 0 Å². The van der Waals surface area contributed by atoms with Gasteiger partial charge < -0.3 is 10.0 Å². The van der Waals surface area contributed by atoms with Crippen LogP contribution in [-0.2, 0) is 9.59 Å². The Labute approximate surface area is 97.6 Å². The highest BCUT2D eigenvalue weighted by Gasteiger charge is 2.26. The van der Waals surface area contributed by atoms with Crippen LogP contribution in [0.1, 0.15) is 47.0 Å². The monoisotopic (exact) mass is 229 g/mol. The normalized spacial score (nSPS) is 12.6. The number of carbonyl (C=O) groups is 2. The fourth-order valence-corrected chi connectivity index (χ4v) is 1.69. The first-order valence-electron chi connectivity index (χ1n) is 6.00. The van der Waals surface area contributed by atoms with Crippen LogP contribution < -0.4 is 0 Å². The summed E-state index contributed by atoms with van der Waals surface area (Å²) in [6.07, 6.45) is 2.31. The molecule has 0 aliphatic rings. The third kappa shape index (κ3) is 4.21. The van der Waals surface area contributed by atoms with Gasteiger partial charge in [0, 0.05) is 12.0 Å². The molecule has 0 aromatic rings. The summed E-state index contributed by atoms with van der Waals surface area (Å²) >= 11 is 0. The molecule has 0 aromatic heterocycles. The molecular formula is C12H23NO3. The van der Waals surface area contributed by atoms with Gasteiger partial charge in [-0.25, -0.2) is 0 Å². The summed E-state index contributed by atoms with van der Waals surface area (Å²) in [5, 5.41) is 8.81. The number of hydrogen-bond acceptors (Lipinski definition) is 2. The molecule has 0 saturated heterocycles. The number of hydrogen-bond donors (Lipinski definition) is 1. The highest BCUT2D eigenvalue weighted by atomic mass is 16.4. The molecule has 0 aliphatic carbocycles. The van der Waals surface area contributed by atoms with Gasteiger partial charge in [-0.05, 0) is 26.2 Å². The van der Waals surface area contributed by atoms with Crippen LogP contribution in [0, 0.1) is 5.92 Å². The van der Waals surface area contributed by atoms with Gasteiger partial charge in [-0.15, -0.1) is 0 Å². The van der Waals surface area contributed by atoms with E-state index in [1.807, 2.05) is 27.7 Å². The maximum atomic E-state index is 12.1. The summed E-state index contributed by atoms with van der Waals surface area (Å²) in [6.45, 7) is 7.58. The smallest absolute Gasteiger partial charge is 0.323 e. The van der Waals surface area contributed by atoms with E-state index in [9.17, 15) is 9.59 Å². The molecule has 0 fully saturated rings. The lowest BCUT2D eigenvalue weighted by Gasteiger charge is -2.30. The van der Waals surface area contributed by atoms with E-state index in [1.165, 1.54) is 4.90 Å². The standard InChI is InChI=1S/C12H23NO3/c1-5-9(4)13(8-11(14)15)12(16)10(6-2)7-3/h9-10H,5-8H2,1-4H3,(H,14,15). The molecule has 1 amide bonds. The van der Waals surface area contributed by atoms with Gasteiger partial charge in [0.05, 0.1) is 0 Å². The van der Waals surface area contributed by atoms with Crippen molar-refractivity contribution in [2.45, 2.75) is 53.0 Å². The lowest BCUT2D eigenvalue weighted by atomic mass is 10.0. The largest absolute Gasteiger partial charge is 0.480 e. The van der Waals surface area contributed by atoms with Gasteiger partial charge in [0.1, 0.15) is 6.54 Å². The molecule has 0 heterocycles. The fraction of sp³-hybridized carbons (Fsp3) is 0.833. The SMILES string of the molecule is CCC(CC)C(=O)N(CC(=O)O)C(C)CC. The van der Waals surface area contributed by atoms with Crippen molar-refractivity contribution < 1.29 is 14.7 Å². The summed E-state index contributed by atoms with van der Waals surface area (Å²) < 4.78 is 0. The Morgan fingerprint density at radius 2 is 1.62 bits per heavy atom. The predicted molar refractivity (Wildman–Crippen MR) is 63.2 cm³/mol. The second-order valence-electron chi connectivity index (χ2n) is 4.13. The van der Waals surface area contributed by atoms with Crippen molar-refractivity contribution in [3.05, 3.63) is 0 Å². The van der Waals surface area contributed by atoms with Crippen molar-refractivity contribution in [3.8, 4) is 0 Å². The van der Waals surface area contributed by atoms with Crippen LogP contribution in [0.5, 0.6) is 0 Å². The van der Waals surface area contributed by atoms with Crippen molar-refractivity contribution in [1.29, 1.82) is 0 Å². The Hall–Kier alpha value is -1.06. The van der Waals surface area contributed by atoms with Crippen LogP contribution in [0.15, 0.2) is 0 Å². The average molecular weight is 229 g/mol. The minimum absolute atomic E-state index is 0.0100. The van der Waals surface area contributed by atoms with E-state index in [2.05, 4.69) is 0 Å². The summed E-state index contributed by atoms with van der Waals surface area (Å²) in [5.41, 5.74) is 0. The lowest BCUT2D eigenvalue weighted by molar-refractivity contribution is -0.148. The summed E-state index contributed by atoms with van der Waals surface area (Å²) in [7, 11) is 0. The minimum Gasteiger partial charge on any atom is -0.480 e. The minimum atomic E-state index is -0.945. The molecule has 0 bridgehead atoms. The van der Waals surface area contributed by atoms with Crippen LogP contribution in [0.3, 0.4) is 0 Å². The molecule has 1 unspecified atom stereocenters. The molecule has 0 rings (SSSR count). The third-order valence-corrected chi connectivity index (χ3v) is 3.05. The zero-order valence-corrected chi connectivity index (χ0v) is 10.7. The van der Waals surface area contributed by atoms with Crippen molar-refractivity contribution in [2.75, 3.05) is 6.54 Å². The summed E-state index contributed by atoms with van der Waals surface area (Å²) in [6, 6.07) is -0.0100. The van der Waals surface area contributed by atoms with Gasteiger partial charge in [0.15, 0.2) is 0 Å². The quantitative estimate of drug-likeness (QED) is 0.727. The van der Waals surface area contributed by atoms with E-state index in [0.29, 0.717) is 0 Å². The first kappa shape index (κ1) is 14.9.